The molecule has 0 aliphatic heterocycles. The van der Waals surface area contributed by atoms with E-state index in [1.807, 2.05) is 27.1 Å². The number of aliphatic imine (C=N–C) groups is 1. The molecule has 1 atom stereocenters. The first-order valence-corrected chi connectivity index (χ1v) is 9.03. The van der Waals surface area contributed by atoms with Gasteiger partial charge in [-0.3, -0.25) is 4.99 Å². The predicted octanol–water partition coefficient (Wildman–Crippen LogP) is 3.44. The Labute approximate surface area is 168 Å². The molecule has 0 fully saturated rings. The van der Waals surface area contributed by atoms with Crippen molar-refractivity contribution in [2.45, 2.75) is 33.0 Å². The van der Waals surface area contributed by atoms with Gasteiger partial charge in [0, 0.05) is 37.7 Å². The zero-order valence-electron chi connectivity index (χ0n) is 14.6. The van der Waals surface area contributed by atoms with Crippen LogP contribution < -0.4 is 5.32 Å². The van der Waals surface area contributed by atoms with E-state index < -0.39 is 0 Å². The molecule has 24 heavy (non-hydrogen) atoms. The van der Waals surface area contributed by atoms with Crippen molar-refractivity contribution in [2.75, 3.05) is 21.2 Å². The molecule has 2 aromatic rings. The average Bonchev–Trinajstić information content (AvgIpc) is 3.16. The monoisotopic (exact) mass is 481 g/mol. The predicted molar refractivity (Wildman–Crippen MR) is 111 cm³/mol. The zero-order valence-corrected chi connectivity index (χ0v) is 18.5. The van der Waals surface area contributed by atoms with Gasteiger partial charge in [0.05, 0.1) is 23.8 Å². The Morgan fingerprint density at radius 1 is 1.50 bits per heavy atom. The smallest absolute Gasteiger partial charge is 0.194 e. The molecule has 2 aromatic heterocycles. The Balaban J connectivity index is 0.00000288. The molecule has 2 heterocycles. The number of thiazole rings is 2. The third-order valence-electron chi connectivity index (χ3n) is 3.33. The van der Waals surface area contributed by atoms with Crippen LogP contribution in [0, 0.1) is 6.92 Å². The molecule has 0 bridgehead atoms. The average molecular weight is 481 g/mol. The molecule has 0 amide bonds. The maximum Gasteiger partial charge on any atom is 0.194 e. The van der Waals surface area contributed by atoms with Crippen LogP contribution in [0.5, 0.6) is 0 Å². The number of halogens is 1. The Morgan fingerprint density at radius 2 is 2.25 bits per heavy atom. The quantitative estimate of drug-likeness (QED) is 0.389. The molecule has 6 nitrogen and oxygen atoms in total. The number of aromatic nitrogens is 2. The van der Waals surface area contributed by atoms with Crippen molar-refractivity contribution in [1.82, 2.24) is 20.2 Å². The number of methoxy groups -OCH3 is 1. The van der Waals surface area contributed by atoms with Crippen LogP contribution in [0.3, 0.4) is 0 Å². The summed E-state index contributed by atoms with van der Waals surface area (Å²) in [5.41, 5.74) is 1.02. The van der Waals surface area contributed by atoms with Crippen molar-refractivity contribution in [3.63, 3.8) is 0 Å². The van der Waals surface area contributed by atoms with E-state index in [2.05, 4.69) is 30.6 Å². The lowest BCUT2D eigenvalue weighted by atomic mass is 10.4. The number of ether oxygens (including phenoxy) is 1. The number of guanidine groups is 1. The van der Waals surface area contributed by atoms with Gasteiger partial charge in [-0.25, -0.2) is 9.97 Å². The minimum absolute atomic E-state index is 0. The van der Waals surface area contributed by atoms with Gasteiger partial charge in [-0.1, -0.05) is 0 Å². The molecule has 2 rings (SSSR count). The summed E-state index contributed by atoms with van der Waals surface area (Å²) in [7, 11) is 5.49. The summed E-state index contributed by atoms with van der Waals surface area (Å²) in [6.07, 6.45) is 1.94. The number of rotatable bonds is 6. The van der Waals surface area contributed by atoms with Gasteiger partial charge in [-0.05, 0) is 13.8 Å². The van der Waals surface area contributed by atoms with E-state index in [1.54, 1.807) is 36.8 Å². The van der Waals surface area contributed by atoms with E-state index in [0.29, 0.717) is 6.54 Å². The Bertz CT molecular complexity index is 658. The van der Waals surface area contributed by atoms with Crippen LogP contribution in [0.2, 0.25) is 0 Å². The minimum atomic E-state index is 0. The fraction of sp³-hybridized carbons (Fsp3) is 0.533. The van der Waals surface area contributed by atoms with Crippen molar-refractivity contribution in [3.05, 3.63) is 32.2 Å². The molecule has 0 saturated carbocycles. The van der Waals surface area contributed by atoms with E-state index >= 15 is 0 Å². The maximum absolute atomic E-state index is 5.31. The highest BCUT2D eigenvalue weighted by atomic mass is 127. The van der Waals surface area contributed by atoms with E-state index in [9.17, 15) is 0 Å². The van der Waals surface area contributed by atoms with Gasteiger partial charge in [0.1, 0.15) is 11.1 Å². The number of hydrogen-bond acceptors (Lipinski definition) is 6. The van der Waals surface area contributed by atoms with Gasteiger partial charge < -0.3 is 15.0 Å². The molecule has 0 aromatic carbocycles. The van der Waals surface area contributed by atoms with Gasteiger partial charge in [0.25, 0.3) is 0 Å². The zero-order chi connectivity index (χ0) is 16.8. The SMILES string of the molecule is CN=C(NCc1cnc(C)s1)N(C)Cc1csc(C(C)OC)n1.I. The largest absolute Gasteiger partial charge is 0.375 e. The van der Waals surface area contributed by atoms with Crippen LogP contribution >= 0.6 is 46.7 Å². The highest BCUT2D eigenvalue weighted by Gasteiger charge is 2.12. The normalized spacial score (nSPS) is 12.6. The number of nitrogens with zero attached hydrogens (tertiary/aromatic N) is 4. The lowest BCUT2D eigenvalue weighted by Gasteiger charge is -2.20. The van der Waals surface area contributed by atoms with Crippen molar-refractivity contribution in [3.8, 4) is 0 Å². The first-order valence-electron chi connectivity index (χ1n) is 7.33. The summed E-state index contributed by atoms with van der Waals surface area (Å²) in [5.74, 6) is 0.838. The topological polar surface area (TPSA) is 62.6 Å². The summed E-state index contributed by atoms with van der Waals surface area (Å²) < 4.78 is 5.31. The standard InChI is InChI=1S/C15H23N5OS2.HI/c1-10(21-5)14-19-12(9-22-14)8-20(4)15(16-3)18-7-13-6-17-11(2)23-13;/h6,9-10H,7-8H2,1-5H3,(H,16,18);1H. The van der Waals surface area contributed by atoms with Crippen LogP contribution in [-0.2, 0) is 17.8 Å². The second-order valence-corrected chi connectivity index (χ2v) is 7.37. The summed E-state index contributed by atoms with van der Waals surface area (Å²) in [6, 6.07) is 0. The number of aryl methyl sites for hydroxylation is 1. The third-order valence-corrected chi connectivity index (χ3v) is 5.30. The Kier molecular flexibility index (Phi) is 9.09. The minimum Gasteiger partial charge on any atom is -0.375 e. The molecule has 1 N–H and O–H groups in total. The molecule has 0 aliphatic rings. The lowest BCUT2D eigenvalue weighted by Crippen LogP contribution is -2.38. The summed E-state index contributed by atoms with van der Waals surface area (Å²) in [5, 5.41) is 7.50. The summed E-state index contributed by atoms with van der Waals surface area (Å²) >= 11 is 3.32. The van der Waals surface area contributed by atoms with Crippen molar-refractivity contribution < 1.29 is 4.74 Å². The second-order valence-electron chi connectivity index (χ2n) is 5.16. The first kappa shape index (κ1) is 21.3. The highest BCUT2D eigenvalue weighted by Crippen LogP contribution is 2.21. The molecule has 1 unspecified atom stereocenters. The van der Waals surface area contributed by atoms with E-state index in [4.69, 9.17) is 4.74 Å². The first-order chi connectivity index (χ1) is 11.0. The number of hydrogen-bond donors (Lipinski definition) is 1. The van der Waals surface area contributed by atoms with Crippen molar-refractivity contribution in [1.29, 1.82) is 0 Å². The van der Waals surface area contributed by atoms with E-state index in [0.717, 1.165) is 28.2 Å². The van der Waals surface area contributed by atoms with Gasteiger partial charge >= 0.3 is 0 Å². The fourth-order valence-electron chi connectivity index (χ4n) is 2.04. The van der Waals surface area contributed by atoms with Crippen LogP contribution in [0.4, 0.5) is 0 Å². The molecule has 0 radical (unpaired) electrons. The molecular weight excluding hydrogens is 457 g/mol. The van der Waals surface area contributed by atoms with Gasteiger partial charge in [0.15, 0.2) is 5.96 Å². The molecule has 0 saturated heterocycles. The van der Waals surface area contributed by atoms with Gasteiger partial charge in [-0.2, -0.15) is 0 Å². The van der Waals surface area contributed by atoms with Crippen molar-refractivity contribution in [2.24, 2.45) is 4.99 Å². The summed E-state index contributed by atoms with van der Waals surface area (Å²) in [4.78, 5) is 16.5. The van der Waals surface area contributed by atoms with Crippen molar-refractivity contribution >= 4 is 52.6 Å². The van der Waals surface area contributed by atoms with Crippen LogP contribution in [0.1, 0.15) is 33.6 Å². The Morgan fingerprint density at radius 3 is 2.83 bits per heavy atom. The van der Waals surface area contributed by atoms with Crippen LogP contribution in [0.15, 0.2) is 16.6 Å². The van der Waals surface area contributed by atoms with Crippen LogP contribution in [0.25, 0.3) is 0 Å². The maximum atomic E-state index is 5.31. The second kappa shape index (κ2) is 10.3. The molecular formula is C15H24IN5OS2. The summed E-state index contributed by atoms with van der Waals surface area (Å²) in [6.45, 7) is 5.44. The van der Waals surface area contributed by atoms with E-state index in [-0.39, 0.29) is 30.1 Å². The van der Waals surface area contributed by atoms with Gasteiger partial charge in [-0.15, -0.1) is 46.7 Å². The third kappa shape index (κ3) is 5.94. The number of nitrogens with one attached hydrogen (secondary N) is 1. The van der Waals surface area contributed by atoms with Crippen LogP contribution in [-0.4, -0.2) is 42.0 Å². The highest BCUT2D eigenvalue weighted by molar-refractivity contribution is 14.0. The molecule has 9 heteroatoms. The Hall–Kier alpha value is -0.780. The van der Waals surface area contributed by atoms with E-state index in [1.165, 1.54) is 4.88 Å². The molecule has 0 spiro atoms. The lowest BCUT2D eigenvalue weighted by molar-refractivity contribution is 0.119. The molecule has 134 valence electrons. The fourth-order valence-corrected chi connectivity index (χ4v) is 3.62. The molecule has 0 aliphatic carbocycles. The van der Waals surface area contributed by atoms with Gasteiger partial charge in [0.2, 0.25) is 0 Å².